The van der Waals surface area contributed by atoms with Gasteiger partial charge in [-0.2, -0.15) is 0 Å². The first kappa shape index (κ1) is 18.8. The maximum absolute atomic E-state index is 12.2. The van der Waals surface area contributed by atoms with E-state index in [2.05, 4.69) is 20.0 Å². The van der Waals surface area contributed by atoms with Crippen molar-refractivity contribution in [3.05, 3.63) is 47.9 Å². The lowest BCUT2D eigenvalue weighted by Crippen LogP contribution is -2.26. The van der Waals surface area contributed by atoms with E-state index < -0.39 is 10.0 Å². The maximum atomic E-state index is 12.2. The van der Waals surface area contributed by atoms with Crippen LogP contribution >= 0.6 is 0 Å². The Hall–Kier alpha value is -2.03. The predicted octanol–water partition coefficient (Wildman–Crippen LogP) is 2.07. The molecular weight excluding hydrogens is 352 g/mol. The predicted molar refractivity (Wildman–Crippen MR) is 99.7 cm³/mol. The van der Waals surface area contributed by atoms with Crippen molar-refractivity contribution in [3.8, 4) is 0 Å². The molecule has 2 N–H and O–H groups in total. The highest BCUT2D eigenvalue weighted by Gasteiger charge is 2.19. The van der Waals surface area contributed by atoms with Crippen LogP contribution in [0.15, 0.2) is 41.6 Å². The second-order valence-corrected chi connectivity index (χ2v) is 8.15. The molecular formula is C18H24N4O3S. The third-order valence-corrected chi connectivity index (χ3v) is 5.80. The molecule has 3 rings (SSSR count). The zero-order chi connectivity index (χ0) is 18.4. The summed E-state index contributed by atoms with van der Waals surface area (Å²) in [7, 11) is -3.46. The summed E-state index contributed by atoms with van der Waals surface area (Å²) in [6, 6.07) is 8.75. The van der Waals surface area contributed by atoms with Gasteiger partial charge in [0.05, 0.1) is 17.2 Å². The molecule has 140 valence electrons. The Morgan fingerprint density at radius 3 is 2.73 bits per heavy atom. The van der Waals surface area contributed by atoms with Gasteiger partial charge in [0.1, 0.15) is 12.1 Å². The Balaban J connectivity index is 1.44. The van der Waals surface area contributed by atoms with E-state index in [1.54, 1.807) is 30.6 Å². The van der Waals surface area contributed by atoms with Crippen molar-refractivity contribution in [2.24, 2.45) is 0 Å². The maximum Gasteiger partial charge on any atom is 0.240 e. The van der Waals surface area contributed by atoms with Crippen molar-refractivity contribution >= 4 is 15.8 Å². The number of benzene rings is 1. The molecule has 1 aromatic carbocycles. The molecule has 0 unspecified atom stereocenters. The molecule has 0 saturated carbocycles. The molecule has 1 aliphatic heterocycles. The average Bonchev–Trinajstić information content (AvgIpc) is 3.17. The van der Waals surface area contributed by atoms with Gasteiger partial charge in [0.25, 0.3) is 0 Å². The Morgan fingerprint density at radius 1 is 1.19 bits per heavy atom. The number of hydrogen-bond donors (Lipinski definition) is 2. The highest BCUT2D eigenvalue weighted by Crippen LogP contribution is 2.24. The summed E-state index contributed by atoms with van der Waals surface area (Å²) in [6.45, 7) is 4.38. The molecule has 0 spiro atoms. The van der Waals surface area contributed by atoms with Gasteiger partial charge in [0.15, 0.2) is 0 Å². The quantitative estimate of drug-likeness (QED) is 0.685. The summed E-state index contributed by atoms with van der Waals surface area (Å²) in [6.07, 6.45) is 3.18. The Kier molecular flexibility index (Phi) is 6.18. The summed E-state index contributed by atoms with van der Waals surface area (Å²) < 4.78 is 32.4. The number of rotatable bonds is 8. The van der Waals surface area contributed by atoms with Gasteiger partial charge < -0.3 is 10.1 Å². The topological polar surface area (TPSA) is 93.2 Å². The normalized spacial score (nSPS) is 17.3. The van der Waals surface area contributed by atoms with Crippen molar-refractivity contribution in [2.75, 3.05) is 31.6 Å². The lowest BCUT2D eigenvalue weighted by molar-refractivity contribution is 0.193. The monoisotopic (exact) mass is 376 g/mol. The van der Waals surface area contributed by atoms with Crippen molar-refractivity contribution in [1.82, 2.24) is 14.7 Å². The zero-order valence-corrected chi connectivity index (χ0v) is 15.6. The fraction of sp³-hybridized carbons (Fsp3) is 0.444. The van der Waals surface area contributed by atoms with E-state index in [9.17, 15) is 8.42 Å². The highest BCUT2D eigenvalue weighted by atomic mass is 32.2. The first-order chi connectivity index (χ1) is 12.5. The Bertz CT molecular complexity index is 819. The van der Waals surface area contributed by atoms with Crippen LogP contribution in [0.5, 0.6) is 0 Å². The van der Waals surface area contributed by atoms with Gasteiger partial charge >= 0.3 is 0 Å². The van der Waals surface area contributed by atoms with Gasteiger partial charge in [-0.15, -0.1) is 0 Å². The molecule has 1 saturated heterocycles. The zero-order valence-electron chi connectivity index (χ0n) is 14.8. The molecule has 0 radical (unpaired) electrons. The van der Waals surface area contributed by atoms with Crippen molar-refractivity contribution in [2.45, 2.75) is 30.6 Å². The molecule has 2 heterocycles. The minimum atomic E-state index is -3.46. The van der Waals surface area contributed by atoms with Crippen LogP contribution in [0.2, 0.25) is 0 Å². The fourth-order valence-corrected chi connectivity index (χ4v) is 3.85. The molecule has 1 fully saturated rings. The summed E-state index contributed by atoms with van der Waals surface area (Å²) >= 11 is 0. The van der Waals surface area contributed by atoms with Gasteiger partial charge in [-0.3, -0.25) is 0 Å². The average molecular weight is 376 g/mol. The SMILES string of the molecule is Cc1ccc(S(=O)(=O)NCCCNc2cc([C@H]3CCOC3)ncn2)cc1. The highest BCUT2D eigenvalue weighted by molar-refractivity contribution is 7.89. The van der Waals surface area contributed by atoms with Gasteiger partial charge in [0.2, 0.25) is 10.0 Å². The van der Waals surface area contributed by atoms with Crippen LogP contribution in [0.3, 0.4) is 0 Å². The van der Waals surface area contributed by atoms with Crippen LogP contribution in [0.1, 0.15) is 30.0 Å². The third-order valence-electron chi connectivity index (χ3n) is 4.32. The van der Waals surface area contributed by atoms with Crippen LogP contribution in [0, 0.1) is 6.92 Å². The third kappa shape index (κ3) is 5.00. The van der Waals surface area contributed by atoms with E-state index in [4.69, 9.17) is 4.74 Å². The molecule has 26 heavy (non-hydrogen) atoms. The van der Waals surface area contributed by atoms with Crippen LogP contribution in [-0.2, 0) is 14.8 Å². The van der Waals surface area contributed by atoms with Gasteiger partial charge in [-0.25, -0.2) is 23.1 Å². The van der Waals surface area contributed by atoms with Crippen molar-refractivity contribution in [1.29, 1.82) is 0 Å². The van der Waals surface area contributed by atoms with Crippen molar-refractivity contribution < 1.29 is 13.2 Å². The van der Waals surface area contributed by atoms with E-state index in [-0.39, 0.29) is 4.90 Å². The summed E-state index contributed by atoms with van der Waals surface area (Å²) in [5, 5.41) is 3.22. The minimum Gasteiger partial charge on any atom is -0.381 e. The Labute approximate surface area is 154 Å². The lowest BCUT2D eigenvalue weighted by Gasteiger charge is -2.10. The number of aromatic nitrogens is 2. The number of aryl methyl sites for hydroxylation is 1. The van der Waals surface area contributed by atoms with Crippen LogP contribution in [-0.4, -0.2) is 44.7 Å². The van der Waals surface area contributed by atoms with E-state index in [1.165, 1.54) is 0 Å². The molecule has 0 bridgehead atoms. The molecule has 1 aromatic heterocycles. The number of ether oxygens (including phenoxy) is 1. The molecule has 7 nitrogen and oxygen atoms in total. The molecule has 2 aromatic rings. The van der Waals surface area contributed by atoms with Crippen LogP contribution in [0.4, 0.5) is 5.82 Å². The number of sulfonamides is 1. The van der Waals surface area contributed by atoms with E-state index in [1.807, 2.05) is 13.0 Å². The number of anilines is 1. The molecule has 8 heteroatoms. The number of hydrogen-bond acceptors (Lipinski definition) is 6. The van der Waals surface area contributed by atoms with Gasteiger partial charge in [-0.05, 0) is 31.9 Å². The number of nitrogens with zero attached hydrogens (tertiary/aromatic N) is 2. The number of nitrogens with one attached hydrogen (secondary N) is 2. The summed E-state index contributed by atoms with van der Waals surface area (Å²) in [4.78, 5) is 8.81. The van der Waals surface area contributed by atoms with Gasteiger partial charge in [0, 0.05) is 31.7 Å². The fourth-order valence-electron chi connectivity index (χ4n) is 2.77. The largest absolute Gasteiger partial charge is 0.381 e. The van der Waals surface area contributed by atoms with E-state index in [0.29, 0.717) is 32.0 Å². The second kappa shape index (κ2) is 8.57. The first-order valence-corrected chi connectivity index (χ1v) is 10.2. The van der Waals surface area contributed by atoms with E-state index >= 15 is 0 Å². The second-order valence-electron chi connectivity index (χ2n) is 6.38. The smallest absolute Gasteiger partial charge is 0.240 e. The first-order valence-electron chi connectivity index (χ1n) is 8.74. The van der Waals surface area contributed by atoms with Gasteiger partial charge in [-0.1, -0.05) is 17.7 Å². The molecule has 0 amide bonds. The van der Waals surface area contributed by atoms with Crippen LogP contribution in [0.25, 0.3) is 0 Å². The van der Waals surface area contributed by atoms with Crippen LogP contribution < -0.4 is 10.0 Å². The lowest BCUT2D eigenvalue weighted by atomic mass is 10.1. The summed E-state index contributed by atoms with van der Waals surface area (Å²) in [5.74, 6) is 1.09. The Morgan fingerprint density at radius 2 is 2.00 bits per heavy atom. The molecule has 0 aliphatic carbocycles. The van der Waals surface area contributed by atoms with E-state index in [0.717, 1.165) is 30.1 Å². The standard InChI is InChI=1S/C18H24N4O3S/c1-14-3-5-16(6-4-14)26(23,24)22-9-2-8-19-18-11-17(20-13-21-18)15-7-10-25-12-15/h3-6,11,13,15,22H,2,7-10,12H2,1H3,(H,19,20,21)/t15-/m0/s1. The molecule has 1 aliphatic rings. The molecule has 1 atom stereocenters. The van der Waals surface area contributed by atoms with Crippen molar-refractivity contribution in [3.63, 3.8) is 0 Å². The summed E-state index contributed by atoms with van der Waals surface area (Å²) in [5.41, 5.74) is 2.02. The minimum absolute atomic E-state index is 0.287.